The molecule has 2 rings (SSSR count). The van der Waals surface area contributed by atoms with Crippen LogP contribution in [-0.2, 0) is 4.79 Å². The molecule has 0 bridgehead atoms. The van der Waals surface area contributed by atoms with Gasteiger partial charge in [0.2, 0.25) is 5.91 Å². The number of nitrogens with two attached hydrogens (primary N) is 1. The van der Waals surface area contributed by atoms with Crippen molar-refractivity contribution in [1.29, 1.82) is 0 Å². The van der Waals surface area contributed by atoms with E-state index in [1.807, 2.05) is 0 Å². The summed E-state index contributed by atoms with van der Waals surface area (Å²) in [6.45, 7) is 1.28. The SMILES string of the molecule is NCC1CCCC1NC(=O)CCCNc1ccc([N+](=O)[O-])cc1. The lowest BCUT2D eigenvalue weighted by Crippen LogP contribution is -2.39. The van der Waals surface area contributed by atoms with Crippen LogP contribution in [0.2, 0.25) is 0 Å². The maximum Gasteiger partial charge on any atom is 0.269 e. The Morgan fingerprint density at radius 1 is 1.30 bits per heavy atom. The third kappa shape index (κ3) is 5.21. The summed E-state index contributed by atoms with van der Waals surface area (Å²) < 4.78 is 0. The van der Waals surface area contributed by atoms with E-state index in [2.05, 4.69) is 10.6 Å². The first kappa shape index (κ1) is 17.2. The van der Waals surface area contributed by atoms with Crippen molar-refractivity contribution in [2.75, 3.05) is 18.4 Å². The maximum atomic E-state index is 11.9. The summed E-state index contributed by atoms with van der Waals surface area (Å²) >= 11 is 0. The molecule has 0 spiro atoms. The first-order valence-electron chi connectivity index (χ1n) is 8.08. The number of hydrogen-bond acceptors (Lipinski definition) is 5. The molecule has 1 amide bonds. The van der Waals surface area contributed by atoms with Crippen LogP contribution in [0, 0.1) is 16.0 Å². The highest BCUT2D eigenvalue weighted by molar-refractivity contribution is 5.76. The normalized spacial score (nSPS) is 20.2. The van der Waals surface area contributed by atoms with Gasteiger partial charge in [-0.05, 0) is 43.9 Å². The van der Waals surface area contributed by atoms with Crippen molar-refractivity contribution in [3.63, 3.8) is 0 Å². The van der Waals surface area contributed by atoms with Gasteiger partial charge in [0.05, 0.1) is 4.92 Å². The van der Waals surface area contributed by atoms with Gasteiger partial charge >= 0.3 is 0 Å². The van der Waals surface area contributed by atoms with Gasteiger partial charge < -0.3 is 16.4 Å². The molecule has 0 aromatic heterocycles. The Kier molecular flexibility index (Phi) is 6.34. The molecule has 1 saturated carbocycles. The average molecular weight is 320 g/mol. The molecule has 1 aliphatic rings. The summed E-state index contributed by atoms with van der Waals surface area (Å²) in [6.07, 6.45) is 4.43. The van der Waals surface area contributed by atoms with Crippen LogP contribution in [0.25, 0.3) is 0 Å². The van der Waals surface area contributed by atoms with E-state index in [1.54, 1.807) is 12.1 Å². The Balaban J connectivity index is 1.64. The van der Waals surface area contributed by atoms with Gasteiger partial charge in [0.15, 0.2) is 0 Å². The van der Waals surface area contributed by atoms with E-state index in [-0.39, 0.29) is 17.6 Å². The highest BCUT2D eigenvalue weighted by Crippen LogP contribution is 2.24. The first-order chi connectivity index (χ1) is 11.1. The van der Waals surface area contributed by atoms with Crippen LogP contribution in [0.3, 0.4) is 0 Å². The summed E-state index contributed by atoms with van der Waals surface area (Å²) in [5, 5.41) is 16.8. The predicted octanol–water partition coefficient (Wildman–Crippen LogP) is 2.03. The number of rotatable bonds is 8. The van der Waals surface area contributed by atoms with Crippen molar-refractivity contribution in [1.82, 2.24) is 5.32 Å². The third-order valence-corrected chi connectivity index (χ3v) is 4.30. The second kappa shape index (κ2) is 8.47. The Hall–Kier alpha value is -2.15. The summed E-state index contributed by atoms with van der Waals surface area (Å²) in [4.78, 5) is 22.1. The molecular weight excluding hydrogens is 296 g/mol. The number of nitrogens with zero attached hydrogens (tertiary/aromatic N) is 1. The molecule has 0 heterocycles. The molecule has 7 nitrogen and oxygen atoms in total. The fraction of sp³-hybridized carbons (Fsp3) is 0.562. The topological polar surface area (TPSA) is 110 Å². The second-order valence-electron chi connectivity index (χ2n) is 5.94. The van der Waals surface area contributed by atoms with Crippen molar-refractivity contribution >= 4 is 17.3 Å². The molecule has 2 unspecified atom stereocenters. The number of anilines is 1. The minimum atomic E-state index is -0.425. The number of amides is 1. The van der Waals surface area contributed by atoms with Gasteiger partial charge in [-0.2, -0.15) is 0 Å². The number of carbonyl (C=O) groups is 1. The number of hydrogen-bond donors (Lipinski definition) is 3. The number of nitro benzene ring substituents is 1. The quantitative estimate of drug-likeness (QED) is 0.385. The summed E-state index contributed by atoms with van der Waals surface area (Å²) in [5.41, 5.74) is 6.60. The Labute approximate surface area is 135 Å². The van der Waals surface area contributed by atoms with Gasteiger partial charge in [-0.1, -0.05) is 6.42 Å². The molecule has 7 heteroatoms. The number of nitro groups is 1. The van der Waals surface area contributed by atoms with Crippen LogP contribution in [0.1, 0.15) is 32.1 Å². The van der Waals surface area contributed by atoms with Crippen molar-refractivity contribution in [3.8, 4) is 0 Å². The van der Waals surface area contributed by atoms with Gasteiger partial charge in [-0.25, -0.2) is 0 Å². The lowest BCUT2D eigenvalue weighted by Gasteiger charge is -2.19. The van der Waals surface area contributed by atoms with Gasteiger partial charge in [-0.15, -0.1) is 0 Å². The number of carbonyl (C=O) groups excluding carboxylic acids is 1. The molecular formula is C16H24N4O3. The molecule has 1 aromatic rings. The molecule has 0 saturated heterocycles. The Morgan fingerprint density at radius 3 is 2.70 bits per heavy atom. The number of non-ortho nitro benzene ring substituents is 1. The van der Waals surface area contributed by atoms with Gasteiger partial charge in [0, 0.05) is 36.8 Å². The van der Waals surface area contributed by atoms with E-state index in [0.717, 1.165) is 24.9 Å². The van der Waals surface area contributed by atoms with Gasteiger partial charge in [0.25, 0.3) is 5.69 Å². The van der Waals surface area contributed by atoms with Gasteiger partial charge in [0.1, 0.15) is 0 Å². The summed E-state index contributed by atoms with van der Waals surface area (Å²) in [6, 6.07) is 6.49. The van der Waals surface area contributed by atoms with Crippen LogP contribution in [0.15, 0.2) is 24.3 Å². The van der Waals surface area contributed by atoms with Gasteiger partial charge in [-0.3, -0.25) is 14.9 Å². The van der Waals surface area contributed by atoms with Crippen LogP contribution >= 0.6 is 0 Å². The van der Waals surface area contributed by atoms with Crippen LogP contribution in [0.5, 0.6) is 0 Å². The molecule has 0 radical (unpaired) electrons. The minimum absolute atomic E-state index is 0.0702. The molecule has 2 atom stereocenters. The molecule has 1 fully saturated rings. The summed E-state index contributed by atoms with van der Waals surface area (Å²) in [5.74, 6) is 0.484. The zero-order valence-electron chi connectivity index (χ0n) is 13.2. The smallest absolute Gasteiger partial charge is 0.269 e. The summed E-state index contributed by atoms with van der Waals surface area (Å²) in [7, 11) is 0. The zero-order chi connectivity index (χ0) is 16.7. The van der Waals surface area contributed by atoms with Crippen molar-refractivity contribution in [2.24, 2.45) is 11.7 Å². The van der Waals surface area contributed by atoms with Crippen LogP contribution in [0.4, 0.5) is 11.4 Å². The molecule has 1 aliphatic carbocycles. The zero-order valence-corrected chi connectivity index (χ0v) is 13.2. The van der Waals surface area contributed by atoms with Crippen LogP contribution in [-0.4, -0.2) is 30.0 Å². The molecule has 0 aliphatic heterocycles. The fourth-order valence-electron chi connectivity index (χ4n) is 2.97. The molecule has 4 N–H and O–H groups in total. The molecule has 1 aromatic carbocycles. The number of nitrogens with one attached hydrogen (secondary N) is 2. The maximum absolute atomic E-state index is 11.9. The monoisotopic (exact) mass is 320 g/mol. The first-order valence-corrected chi connectivity index (χ1v) is 8.08. The van der Waals surface area contributed by atoms with E-state index in [9.17, 15) is 14.9 Å². The van der Waals surface area contributed by atoms with E-state index >= 15 is 0 Å². The Bertz CT molecular complexity index is 533. The molecule has 23 heavy (non-hydrogen) atoms. The van der Waals surface area contributed by atoms with E-state index in [4.69, 9.17) is 5.73 Å². The largest absolute Gasteiger partial charge is 0.385 e. The van der Waals surface area contributed by atoms with E-state index in [1.165, 1.54) is 12.1 Å². The van der Waals surface area contributed by atoms with Crippen molar-refractivity contribution in [2.45, 2.75) is 38.1 Å². The third-order valence-electron chi connectivity index (χ3n) is 4.30. The van der Waals surface area contributed by atoms with Crippen LogP contribution < -0.4 is 16.4 Å². The lowest BCUT2D eigenvalue weighted by molar-refractivity contribution is -0.384. The second-order valence-corrected chi connectivity index (χ2v) is 5.94. The highest BCUT2D eigenvalue weighted by Gasteiger charge is 2.26. The van der Waals surface area contributed by atoms with E-state index in [0.29, 0.717) is 31.8 Å². The lowest BCUT2D eigenvalue weighted by atomic mass is 10.0. The predicted molar refractivity (Wildman–Crippen MR) is 89.1 cm³/mol. The minimum Gasteiger partial charge on any atom is -0.385 e. The fourth-order valence-corrected chi connectivity index (χ4v) is 2.97. The van der Waals surface area contributed by atoms with E-state index < -0.39 is 4.92 Å². The van der Waals surface area contributed by atoms with Crippen molar-refractivity contribution < 1.29 is 9.72 Å². The highest BCUT2D eigenvalue weighted by atomic mass is 16.6. The number of benzene rings is 1. The Morgan fingerprint density at radius 2 is 2.04 bits per heavy atom. The standard InChI is InChI=1S/C16H24N4O3/c17-11-12-3-1-4-15(12)19-16(21)5-2-10-18-13-6-8-14(9-7-13)20(22)23/h6-9,12,15,18H,1-5,10-11,17H2,(H,19,21). The molecule has 126 valence electrons. The average Bonchev–Trinajstić information content (AvgIpc) is 2.99. The van der Waals surface area contributed by atoms with Crippen molar-refractivity contribution in [3.05, 3.63) is 34.4 Å².